The van der Waals surface area contributed by atoms with Crippen molar-refractivity contribution in [1.29, 1.82) is 0 Å². The van der Waals surface area contributed by atoms with E-state index in [2.05, 4.69) is 9.82 Å². The number of hydrogen-bond acceptors (Lipinski definition) is 5. The lowest BCUT2D eigenvalue weighted by atomic mass is 10.3. The molecule has 0 bridgehead atoms. The van der Waals surface area contributed by atoms with Gasteiger partial charge in [-0.1, -0.05) is 13.0 Å². The number of nitrogens with zero attached hydrogens (tertiary/aromatic N) is 2. The summed E-state index contributed by atoms with van der Waals surface area (Å²) in [7, 11) is -2.55. The predicted molar refractivity (Wildman–Crippen MR) is 87.8 cm³/mol. The monoisotopic (exact) mass is 353 g/mol. The highest BCUT2D eigenvalue weighted by Crippen LogP contribution is 2.23. The van der Waals surface area contributed by atoms with E-state index >= 15 is 0 Å². The molecular weight excluding hydrogens is 334 g/mol. The molecule has 0 aliphatic rings. The maximum absolute atomic E-state index is 12.5. The maximum atomic E-state index is 12.5. The molecule has 2 N–H and O–H groups in total. The Morgan fingerprint density at radius 1 is 1.46 bits per heavy atom. The molecule has 0 aliphatic carbocycles. The van der Waals surface area contributed by atoms with E-state index in [1.807, 2.05) is 13.8 Å². The van der Waals surface area contributed by atoms with Gasteiger partial charge in [-0.15, -0.1) is 0 Å². The SMILES string of the molecule is CCC(C)Oc1cccc(S(=O)(=O)Nc2cnn(C)c2C(=O)O)c1. The van der Waals surface area contributed by atoms with Crippen LogP contribution in [-0.4, -0.2) is 35.4 Å². The Kier molecular flexibility index (Phi) is 5.13. The number of ether oxygens (including phenoxy) is 1. The van der Waals surface area contributed by atoms with Gasteiger partial charge in [0.15, 0.2) is 5.69 Å². The highest BCUT2D eigenvalue weighted by atomic mass is 32.2. The second-order valence-corrected chi connectivity index (χ2v) is 6.94. The van der Waals surface area contributed by atoms with Crippen LogP contribution in [0, 0.1) is 0 Å². The molecule has 24 heavy (non-hydrogen) atoms. The number of hydrogen-bond donors (Lipinski definition) is 2. The van der Waals surface area contributed by atoms with E-state index in [-0.39, 0.29) is 22.4 Å². The first-order valence-corrected chi connectivity index (χ1v) is 8.77. The van der Waals surface area contributed by atoms with Crippen LogP contribution in [0.2, 0.25) is 0 Å². The van der Waals surface area contributed by atoms with Crippen molar-refractivity contribution >= 4 is 21.7 Å². The van der Waals surface area contributed by atoms with Crippen molar-refractivity contribution < 1.29 is 23.1 Å². The molecule has 1 heterocycles. The molecule has 0 amide bonds. The number of anilines is 1. The number of sulfonamides is 1. The van der Waals surface area contributed by atoms with Crippen LogP contribution in [0.4, 0.5) is 5.69 Å². The van der Waals surface area contributed by atoms with E-state index in [4.69, 9.17) is 9.84 Å². The first kappa shape index (κ1) is 17.8. The van der Waals surface area contributed by atoms with Crippen LogP contribution in [0.25, 0.3) is 0 Å². The second-order valence-electron chi connectivity index (χ2n) is 5.25. The summed E-state index contributed by atoms with van der Waals surface area (Å²) in [6.07, 6.45) is 1.89. The van der Waals surface area contributed by atoms with Crippen LogP contribution in [0.3, 0.4) is 0 Å². The molecule has 0 radical (unpaired) electrons. The summed E-state index contributed by atoms with van der Waals surface area (Å²) in [4.78, 5) is 11.2. The van der Waals surface area contributed by atoms with Gasteiger partial charge < -0.3 is 9.84 Å². The number of aromatic carboxylic acids is 1. The molecule has 1 atom stereocenters. The topological polar surface area (TPSA) is 111 Å². The number of rotatable bonds is 7. The normalized spacial score (nSPS) is 12.6. The van der Waals surface area contributed by atoms with Gasteiger partial charge in [-0.2, -0.15) is 5.10 Å². The van der Waals surface area contributed by atoms with Crippen LogP contribution in [0.1, 0.15) is 30.8 Å². The van der Waals surface area contributed by atoms with Crippen molar-refractivity contribution in [2.24, 2.45) is 7.05 Å². The third-order valence-corrected chi connectivity index (χ3v) is 4.78. The molecule has 9 heteroatoms. The van der Waals surface area contributed by atoms with Crippen LogP contribution in [-0.2, 0) is 17.1 Å². The summed E-state index contributed by atoms with van der Waals surface area (Å²) in [5, 5.41) is 12.9. The second kappa shape index (κ2) is 6.91. The number of nitrogens with one attached hydrogen (secondary N) is 1. The van der Waals surface area contributed by atoms with Gasteiger partial charge in [-0.05, 0) is 25.5 Å². The van der Waals surface area contributed by atoms with E-state index in [1.54, 1.807) is 12.1 Å². The Balaban J connectivity index is 2.31. The van der Waals surface area contributed by atoms with Gasteiger partial charge in [0.05, 0.1) is 17.2 Å². The molecular formula is C15H19N3O5S. The minimum atomic E-state index is -3.97. The van der Waals surface area contributed by atoms with Gasteiger partial charge in [0.25, 0.3) is 10.0 Å². The number of aryl methyl sites for hydroxylation is 1. The van der Waals surface area contributed by atoms with E-state index < -0.39 is 16.0 Å². The smallest absolute Gasteiger partial charge is 0.356 e. The summed E-state index contributed by atoms with van der Waals surface area (Å²) in [5.41, 5.74) is -0.344. The van der Waals surface area contributed by atoms with E-state index in [9.17, 15) is 13.2 Å². The number of carboxylic acid groups (broad SMARTS) is 1. The van der Waals surface area contributed by atoms with Crippen molar-refractivity contribution in [1.82, 2.24) is 9.78 Å². The fourth-order valence-electron chi connectivity index (χ4n) is 2.00. The number of benzene rings is 1. The van der Waals surface area contributed by atoms with Crippen molar-refractivity contribution in [3.63, 3.8) is 0 Å². The summed E-state index contributed by atoms with van der Waals surface area (Å²) in [6.45, 7) is 3.84. The Labute approximate surface area is 140 Å². The van der Waals surface area contributed by atoms with Crippen molar-refractivity contribution in [2.45, 2.75) is 31.3 Å². The Bertz CT molecular complexity index is 845. The van der Waals surface area contributed by atoms with Gasteiger partial charge in [-0.25, -0.2) is 13.2 Å². The van der Waals surface area contributed by atoms with Crippen LogP contribution in [0.15, 0.2) is 35.4 Å². The molecule has 1 aromatic carbocycles. The van der Waals surface area contributed by atoms with E-state index in [1.165, 1.54) is 19.2 Å². The predicted octanol–water partition coefficient (Wildman–Crippen LogP) is 2.10. The standard InChI is InChI=1S/C15H19N3O5S/c1-4-10(2)23-11-6-5-7-12(8-11)24(21,22)17-13-9-16-18(3)14(13)15(19)20/h5-10,17H,4H2,1-3H3,(H,19,20). The molecule has 0 saturated heterocycles. The molecule has 2 aromatic rings. The number of carboxylic acids is 1. The zero-order valence-corrected chi connectivity index (χ0v) is 14.4. The van der Waals surface area contributed by atoms with Crippen LogP contribution in [0.5, 0.6) is 5.75 Å². The van der Waals surface area contributed by atoms with Crippen molar-refractivity contribution in [2.75, 3.05) is 4.72 Å². The molecule has 0 saturated carbocycles. The van der Waals surface area contributed by atoms with Crippen molar-refractivity contribution in [3.8, 4) is 5.75 Å². The average molecular weight is 353 g/mol. The van der Waals surface area contributed by atoms with Gasteiger partial charge in [-0.3, -0.25) is 9.40 Å². The Morgan fingerprint density at radius 2 is 2.17 bits per heavy atom. The molecule has 130 valence electrons. The first-order chi connectivity index (χ1) is 11.2. The summed E-state index contributed by atoms with van der Waals surface area (Å²) >= 11 is 0. The number of aromatic nitrogens is 2. The van der Waals surface area contributed by atoms with Gasteiger partial charge in [0.1, 0.15) is 11.4 Å². The maximum Gasteiger partial charge on any atom is 0.356 e. The fraction of sp³-hybridized carbons (Fsp3) is 0.333. The molecule has 2 rings (SSSR count). The van der Waals surface area contributed by atoms with E-state index in [0.717, 1.165) is 17.3 Å². The lowest BCUT2D eigenvalue weighted by Crippen LogP contribution is -2.16. The largest absolute Gasteiger partial charge is 0.491 e. The minimum absolute atomic E-state index is 0.0245. The highest BCUT2D eigenvalue weighted by molar-refractivity contribution is 7.92. The summed E-state index contributed by atoms with van der Waals surface area (Å²) < 4.78 is 33.9. The van der Waals surface area contributed by atoms with Gasteiger partial charge in [0.2, 0.25) is 0 Å². The van der Waals surface area contributed by atoms with Gasteiger partial charge >= 0.3 is 5.97 Å². The van der Waals surface area contributed by atoms with Crippen molar-refractivity contribution in [3.05, 3.63) is 36.2 Å². The van der Waals surface area contributed by atoms with Crippen LogP contribution >= 0.6 is 0 Å². The third kappa shape index (κ3) is 3.85. The number of carbonyl (C=O) groups is 1. The zero-order chi connectivity index (χ0) is 17.9. The molecule has 0 aliphatic heterocycles. The molecule has 8 nitrogen and oxygen atoms in total. The molecule has 1 aromatic heterocycles. The lowest BCUT2D eigenvalue weighted by molar-refractivity contribution is 0.0686. The van der Waals surface area contributed by atoms with Gasteiger partial charge in [0, 0.05) is 13.1 Å². The average Bonchev–Trinajstić information content (AvgIpc) is 2.87. The van der Waals surface area contributed by atoms with E-state index in [0.29, 0.717) is 5.75 Å². The molecule has 0 spiro atoms. The first-order valence-electron chi connectivity index (χ1n) is 7.29. The lowest BCUT2D eigenvalue weighted by Gasteiger charge is -2.14. The highest BCUT2D eigenvalue weighted by Gasteiger charge is 2.22. The minimum Gasteiger partial charge on any atom is -0.491 e. The fourth-order valence-corrected chi connectivity index (χ4v) is 3.09. The zero-order valence-electron chi connectivity index (χ0n) is 13.6. The Hall–Kier alpha value is -2.55. The third-order valence-electron chi connectivity index (χ3n) is 3.41. The van der Waals surface area contributed by atoms with Crippen LogP contribution < -0.4 is 9.46 Å². The summed E-state index contributed by atoms with van der Waals surface area (Å²) in [6, 6.07) is 6.03. The quantitative estimate of drug-likeness (QED) is 0.788. The molecule has 1 unspecified atom stereocenters. The molecule has 0 fully saturated rings. The Morgan fingerprint density at radius 3 is 2.79 bits per heavy atom. The summed E-state index contributed by atoms with van der Waals surface area (Å²) in [5.74, 6) is -0.849.